The fraction of sp³-hybridized carbons (Fsp3) is 0.583. The van der Waals surface area contributed by atoms with Gasteiger partial charge in [0.25, 0.3) is 0 Å². The van der Waals surface area contributed by atoms with Crippen LogP contribution in [0, 0.1) is 18.3 Å². The molecule has 1 saturated carbocycles. The maximum absolute atomic E-state index is 13.8. The van der Waals surface area contributed by atoms with Crippen LogP contribution in [-0.4, -0.2) is 29.7 Å². The number of hydrogen-bond donors (Lipinski definition) is 0. The van der Waals surface area contributed by atoms with Crippen LogP contribution in [0.15, 0.2) is 34.8 Å². The van der Waals surface area contributed by atoms with Gasteiger partial charge in [-0.3, -0.25) is 9.79 Å². The lowest BCUT2D eigenvalue weighted by Crippen LogP contribution is -2.49. The van der Waals surface area contributed by atoms with Crippen molar-refractivity contribution in [2.45, 2.75) is 64.3 Å². The Morgan fingerprint density at radius 2 is 2.04 bits per heavy atom. The number of Topliss-reactive ketones (excluding diaryl/α,β-unsaturated/α-hetero) is 1. The molecule has 28 heavy (non-hydrogen) atoms. The van der Waals surface area contributed by atoms with Crippen molar-refractivity contribution in [3.05, 3.63) is 41.0 Å². The number of aliphatic imine (C=N–C) groups is 1. The molecule has 3 aliphatic rings. The molecular formula is C24H31NO2S. The van der Waals surface area contributed by atoms with Gasteiger partial charge in [-0.2, -0.15) is 0 Å². The van der Waals surface area contributed by atoms with Crippen molar-refractivity contribution in [1.82, 2.24) is 0 Å². The van der Waals surface area contributed by atoms with E-state index in [2.05, 4.69) is 45.2 Å². The first-order chi connectivity index (χ1) is 13.4. The second-order valence-electron chi connectivity index (χ2n) is 8.96. The molecule has 1 aromatic carbocycles. The highest BCUT2D eigenvalue weighted by atomic mass is 32.2. The van der Waals surface area contributed by atoms with Crippen molar-refractivity contribution in [2.24, 2.45) is 16.3 Å². The third-order valence-corrected chi connectivity index (χ3v) is 8.06. The zero-order chi connectivity index (χ0) is 20.1. The molecule has 1 fully saturated rings. The molecule has 0 unspecified atom stereocenters. The summed E-state index contributed by atoms with van der Waals surface area (Å²) in [5, 5.41) is 1.04. The minimum Gasteiger partial charge on any atom is -0.496 e. The second kappa shape index (κ2) is 7.05. The molecule has 150 valence electrons. The molecule has 0 radical (unpaired) electrons. The smallest absolute Gasteiger partial charge is 0.150 e. The Morgan fingerprint density at radius 1 is 1.25 bits per heavy atom. The molecule has 0 N–H and O–H groups in total. The Labute approximate surface area is 173 Å². The zero-order valence-corrected chi connectivity index (χ0v) is 18.5. The van der Waals surface area contributed by atoms with Crippen molar-refractivity contribution < 1.29 is 9.53 Å². The van der Waals surface area contributed by atoms with Crippen LogP contribution >= 0.6 is 11.8 Å². The predicted octanol–water partition coefficient (Wildman–Crippen LogP) is 5.72. The maximum atomic E-state index is 13.8. The number of hydrogen-bond acceptors (Lipinski definition) is 4. The van der Waals surface area contributed by atoms with E-state index < -0.39 is 5.41 Å². The second-order valence-corrected chi connectivity index (χ2v) is 9.75. The fourth-order valence-corrected chi connectivity index (χ4v) is 6.82. The van der Waals surface area contributed by atoms with Gasteiger partial charge in [0.05, 0.1) is 17.7 Å². The van der Waals surface area contributed by atoms with Gasteiger partial charge in [-0.1, -0.05) is 42.2 Å². The number of thioether (sulfide) groups is 1. The summed E-state index contributed by atoms with van der Waals surface area (Å²) in [6, 6.07) is 6.26. The molecule has 4 heteroatoms. The number of benzene rings is 1. The molecule has 1 aliphatic heterocycles. The number of carbonyl (C=O) groups excluding carboxylic acids is 1. The molecule has 3 nitrogen and oxygen atoms in total. The van der Waals surface area contributed by atoms with Crippen LogP contribution in [0.3, 0.4) is 0 Å². The summed E-state index contributed by atoms with van der Waals surface area (Å²) in [7, 11) is 1.71. The fourth-order valence-electron chi connectivity index (χ4n) is 5.87. The van der Waals surface area contributed by atoms with Gasteiger partial charge in [0, 0.05) is 23.8 Å². The van der Waals surface area contributed by atoms with Gasteiger partial charge >= 0.3 is 0 Å². The number of rotatable bonds is 2. The molecule has 2 aliphatic carbocycles. The van der Waals surface area contributed by atoms with E-state index in [1.807, 2.05) is 6.07 Å². The van der Waals surface area contributed by atoms with E-state index >= 15 is 0 Å². The van der Waals surface area contributed by atoms with E-state index in [4.69, 9.17) is 9.73 Å². The highest BCUT2D eigenvalue weighted by Gasteiger charge is 2.61. The van der Waals surface area contributed by atoms with Crippen molar-refractivity contribution >= 4 is 22.6 Å². The molecule has 4 rings (SSSR count). The van der Waals surface area contributed by atoms with E-state index in [9.17, 15) is 4.79 Å². The van der Waals surface area contributed by atoms with Gasteiger partial charge in [0.1, 0.15) is 11.2 Å². The van der Waals surface area contributed by atoms with E-state index in [-0.39, 0.29) is 11.5 Å². The van der Waals surface area contributed by atoms with Gasteiger partial charge in [-0.05, 0) is 45.9 Å². The molecule has 1 heterocycles. The van der Waals surface area contributed by atoms with Crippen LogP contribution in [0.5, 0.6) is 5.75 Å². The van der Waals surface area contributed by atoms with Crippen LogP contribution in [0.1, 0.15) is 63.0 Å². The third-order valence-electron chi connectivity index (χ3n) is 7.25. The maximum Gasteiger partial charge on any atom is 0.150 e. The Balaban J connectivity index is 1.82. The molecule has 4 atom stereocenters. The first kappa shape index (κ1) is 19.8. The number of ketones is 1. The van der Waals surface area contributed by atoms with E-state index in [1.165, 1.54) is 24.0 Å². The van der Waals surface area contributed by atoms with Crippen LogP contribution < -0.4 is 4.74 Å². The van der Waals surface area contributed by atoms with Crippen molar-refractivity contribution in [3.63, 3.8) is 0 Å². The number of fused-ring (bicyclic) bond motifs is 2. The lowest BCUT2D eigenvalue weighted by Gasteiger charge is -2.44. The first-order valence-corrected chi connectivity index (χ1v) is 11.6. The summed E-state index contributed by atoms with van der Waals surface area (Å²) in [5.41, 5.74) is 3.01. The average molecular weight is 398 g/mol. The van der Waals surface area contributed by atoms with Gasteiger partial charge in [0.2, 0.25) is 0 Å². The molecule has 0 amide bonds. The lowest BCUT2D eigenvalue weighted by atomic mass is 9.58. The van der Waals surface area contributed by atoms with Gasteiger partial charge in [-0.15, -0.1) is 11.8 Å². The largest absolute Gasteiger partial charge is 0.496 e. The predicted molar refractivity (Wildman–Crippen MR) is 118 cm³/mol. The van der Waals surface area contributed by atoms with Crippen LogP contribution in [-0.2, 0) is 4.79 Å². The Kier molecular flexibility index (Phi) is 4.97. The summed E-state index contributed by atoms with van der Waals surface area (Å²) in [6.45, 7) is 6.56. The quantitative estimate of drug-likeness (QED) is 0.599. The van der Waals surface area contributed by atoms with Gasteiger partial charge in [-0.25, -0.2) is 0 Å². The minimum atomic E-state index is -0.508. The van der Waals surface area contributed by atoms with Crippen molar-refractivity contribution in [1.29, 1.82) is 0 Å². The monoisotopic (exact) mass is 397 g/mol. The highest BCUT2D eigenvalue weighted by molar-refractivity contribution is 8.13. The Morgan fingerprint density at radius 3 is 2.75 bits per heavy atom. The number of aryl methyl sites for hydroxylation is 1. The number of allylic oxidation sites excluding steroid dienone is 2. The van der Waals surface area contributed by atoms with E-state index in [0.29, 0.717) is 18.1 Å². The molecular weight excluding hydrogens is 366 g/mol. The van der Waals surface area contributed by atoms with Crippen LogP contribution in [0.4, 0.5) is 0 Å². The normalized spacial score (nSPS) is 34.8. The lowest BCUT2D eigenvalue weighted by molar-refractivity contribution is -0.127. The molecule has 0 saturated heterocycles. The highest BCUT2D eigenvalue weighted by Crippen LogP contribution is 2.59. The summed E-state index contributed by atoms with van der Waals surface area (Å²) in [5.74, 6) is 1.61. The molecule has 1 aromatic rings. The van der Waals surface area contributed by atoms with Crippen molar-refractivity contribution in [3.8, 4) is 5.75 Å². The summed E-state index contributed by atoms with van der Waals surface area (Å²) < 4.78 is 5.63. The molecule has 1 spiro atoms. The van der Waals surface area contributed by atoms with Gasteiger partial charge < -0.3 is 4.74 Å². The summed E-state index contributed by atoms with van der Waals surface area (Å²) in [6.07, 6.45) is 9.52. The van der Waals surface area contributed by atoms with E-state index in [1.54, 1.807) is 18.9 Å². The van der Waals surface area contributed by atoms with Crippen molar-refractivity contribution in [2.75, 3.05) is 13.4 Å². The number of methoxy groups -OCH3 is 1. The summed E-state index contributed by atoms with van der Waals surface area (Å²) in [4.78, 5) is 19.0. The number of ether oxygens (including phenoxy) is 1. The SMILES string of the molecule is COc1ccc(C)cc1[C@@H]1CC(=O)[C@@]2(C=C1C)C(SC)=N[C@@]1(C)CCCC[C@@H]21. The number of nitrogens with zero attached hydrogens (tertiary/aromatic N) is 1. The Hall–Kier alpha value is -1.55. The average Bonchev–Trinajstić information content (AvgIpc) is 2.93. The van der Waals surface area contributed by atoms with Gasteiger partial charge in [0.15, 0.2) is 5.78 Å². The Bertz CT molecular complexity index is 873. The van der Waals surface area contributed by atoms with Crippen LogP contribution in [0.2, 0.25) is 0 Å². The first-order valence-electron chi connectivity index (χ1n) is 10.4. The standard InChI is InChI=1S/C24H31NO2S/c1-15-9-10-19(27-4)18(12-15)17-13-21(26)24(14-16(17)2)20-8-6-7-11-23(20,3)25-22(24)28-5/h9-10,12,14,17,20H,6-8,11,13H2,1-5H3/t17-,20-,23+,24+/m1/s1. The molecule has 0 aromatic heterocycles. The topological polar surface area (TPSA) is 38.7 Å². The summed E-state index contributed by atoms with van der Waals surface area (Å²) >= 11 is 1.68. The minimum absolute atomic E-state index is 0.0864. The third kappa shape index (κ3) is 2.79. The van der Waals surface area contributed by atoms with Crippen LogP contribution in [0.25, 0.3) is 0 Å². The molecule has 0 bridgehead atoms. The zero-order valence-electron chi connectivity index (χ0n) is 17.7. The number of carbonyl (C=O) groups is 1. The van der Waals surface area contributed by atoms with E-state index in [0.717, 1.165) is 29.2 Å².